The van der Waals surface area contributed by atoms with E-state index in [1.54, 1.807) is 17.7 Å². The summed E-state index contributed by atoms with van der Waals surface area (Å²) in [5.74, 6) is 0. The summed E-state index contributed by atoms with van der Waals surface area (Å²) < 4.78 is 9.06. The highest BCUT2D eigenvalue weighted by Gasteiger charge is 2.18. The Morgan fingerprint density at radius 1 is 1.33 bits per heavy atom. The highest BCUT2D eigenvalue weighted by Crippen LogP contribution is 2.16. The Morgan fingerprint density at radius 2 is 2.00 bits per heavy atom. The summed E-state index contributed by atoms with van der Waals surface area (Å²) in [5.41, 5.74) is -0.178. The number of hydrogen-bond acceptors (Lipinski definition) is 4. The summed E-state index contributed by atoms with van der Waals surface area (Å²) in [6.07, 6.45) is 1.63. The fourth-order valence-corrected chi connectivity index (χ4v) is 1.88. The number of fused-ring (bicyclic) bond motifs is 1. The molecule has 0 aliphatic carbocycles. The van der Waals surface area contributed by atoms with Crippen LogP contribution >= 0.6 is 0 Å². The molecule has 96 valence electrons. The van der Waals surface area contributed by atoms with E-state index in [1.807, 2.05) is 0 Å². The van der Waals surface area contributed by atoms with E-state index in [0.717, 1.165) is 4.57 Å². The van der Waals surface area contributed by atoms with Crippen molar-refractivity contribution in [3.8, 4) is 6.01 Å². The van der Waals surface area contributed by atoms with Gasteiger partial charge in [0.25, 0.3) is 11.6 Å². The van der Waals surface area contributed by atoms with E-state index in [4.69, 9.17) is 4.74 Å². The van der Waals surface area contributed by atoms with Crippen LogP contribution in [0.3, 0.4) is 0 Å². The molecule has 2 heterocycles. The molecule has 0 aliphatic rings. The van der Waals surface area contributed by atoms with Gasteiger partial charge in [0.1, 0.15) is 0 Å². The maximum atomic E-state index is 12.1. The quantitative estimate of drug-likeness (QED) is 0.697. The lowest BCUT2D eigenvalue weighted by Gasteiger charge is -2.05. The Hall–Kier alpha value is -2.31. The Morgan fingerprint density at radius 3 is 2.56 bits per heavy atom. The van der Waals surface area contributed by atoms with Crippen molar-refractivity contribution in [3.05, 3.63) is 33.5 Å². The first kappa shape index (κ1) is 12.2. The lowest BCUT2D eigenvalue weighted by atomic mass is 10.5. The van der Waals surface area contributed by atoms with Crippen molar-refractivity contribution in [2.45, 2.75) is 6.54 Å². The number of aryl methyl sites for hydroxylation is 1. The summed E-state index contributed by atoms with van der Waals surface area (Å²) in [6.45, 7) is 4.01. The number of aromatic nitrogens is 4. The van der Waals surface area contributed by atoms with E-state index < -0.39 is 11.2 Å². The summed E-state index contributed by atoms with van der Waals surface area (Å²) in [7, 11) is 4.46. The normalized spacial score (nSPS) is 10.8. The third kappa shape index (κ3) is 1.47. The lowest BCUT2D eigenvalue weighted by molar-refractivity contribution is 0.364. The van der Waals surface area contributed by atoms with Crippen LogP contribution in [-0.2, 0) is 20.6 Å². The van der Waals surface area contributed by atoms with E-state index in [-0.39, 0.29) is 6.01 Å². The van der Waals surface area contributed by atoms with Crippen LogP contribution in [0.4, 0.5) is 0 Å². The molecule has 0 radical (unpaired) electrons. The number of rotatable bonds is 3. The van der Waals surface area contributed by atoms with Gasteiger partial charge >= 0.3 is 5.69 Å². The smallest absolute Gasteiger partial charge is 0.332 e. The van der Waals surface area contributed by atoms with Crippen LogP contribution in [0, 0.1) is 0 Å². The molecule has 0 saturated carbocycles. The number of allylic oxidation sites excluding steroid dienone is 1. The third-order valence-corrected chi connectivity index (χ3v) is 2.81. The molecule has 0 unspecified atom stereocenters. The van der Waals surface area contributed by atoms with E-state index in [0.29, 0.717) is 17.7 Å². The molecule has 7 heteroatoms. The van der Waals surface area contributed by atoms with E-state index in [9.17, 15) is 9.59 Å². The number of nitrogens with zero attached hydrogens (tertiary/aromatic N) is 4. The summed E-state index contributed by atoms with van der Waals surface area (Å²) in [6, 6.07) is 0.281. The first-order chi connectivity index (χ1) is 8.52. The van der Waals surface area contributed by atoms with Crippen LogP contribution in [0.2, 0.25) is 0 Å². The van der Waals surface area contributed by atoms with E-state index in [2.05, 4.69) is 11.6 Å². The van der Waals surface area contributed by atoms with Gasteiger partial charge in [-0.2, -0.15) is 4.98 Å². The van der Waals surface area contributed by atoms with Crippen LogP contribution < -0.4 is 16.0 Å². The van der Waals surface area contributed by atoms with Gasteiger partial charge in [-0.15, -0.1) is 6.58 Å². The Labute approximate surface area is 103 Å². The number of imidazole rings is 1. The second-order valence-electron chi connectivity index (χ2n) is 3.88. The van der Waals surface area contributed by atoms with Gasteiger partial charge in [-0.05, 0) is 0 Å². The van der Waals surface area contributed by atoms with Gasteiger partial charge in [-0.25, -0.2) is 4.79 Å². The Balaban J connectivity index is 3.04. The molecule has 2 aromatic rings. The zero-order chi connectivity index (χ0) is 13.4. The fraction of sp³-hybridized carbons (Fsp3) is 0.364. The largest absolute Gasteiger partial charge is 0.468 e. The first-order valence-electron chi connectivity index (χ1n) is 5.34. The molecule has 0 fully saturated rings. The molecule has 2 rings (SSSR count). The highest BCUT2D eigenvalue weighted by molar-refractivity contribution is 5.72. The molecule has 0 atom stereocenters. The predicted octanol–water partition coefficient (Wildman–Crippen LogP) is -0.372. The minimum Gasteiger partial charge on any atom is -0.468 e. The number of methoxy groups -OCH3 is 1. The molecule has 0 aliphatic heterocycles. The van der Waals surface area contributed by atoms with Crippen molar-refractivity contribution in [2.24, 2.45) is 14.1 Å². The molecule has 18 heavy (non-hydrogen) atoms. The second kappa shape index (κ2) is 4.17. The molecule has 0 saturated heterocycles. The summed E-state index contributed by atoms with van der Waals surface area (Å²) in [4.78, 5) is 28.1. The van der Waals surface area contributed by atoms with Crippen molar-refractivity contribution in [1.29, 1.82) is 0 Å². The van der Waals surface area contributed by atoms with Gasteiger partial charge in [-0.1, -0.05) is 6.08 Å². The van der Waals surface area contributed by atoms with Crippen LogP contribution in [0.15, 0.2) is 22.2 Å². The minimum absolute atomic E-state index is 0.281. The van der Waals surface area contributed by atoms with Crippen molar-refractivity contribution in [1.82, 2.24) is 18.7 Å². The zero-order valence-electron chi connectivity index (χ0n) is 10.5. The molecular formula is C11H14N4O3. The van der Waals surface area contributed by atoms with Crippen LogP contribution in [0.1, 0.15) is 0 Å². The lowest BCUT2D eigenvalue weighted by Crippen LogP contribution is -2.37. The molecule has 0 spiro atoms. The van der Waals surface area contributed by atoms with Gasteiger partial charge in [0.05, 0.1) is 7.11 Å². The van der Waals surface area contributed by atoms with Gasteiger partial charge < -0.3 is 4.74 Å². The topological polar surface area (TPSA) is 71.1 Å². The average molecular weight is 250 g/mol. The Kier molecular flexibility index (Phi) is 2.82. The van der Waals surface area contributed by atoms with Crippen LogP contribution in [0.5, 0.6) is 6.01 Å². The van der Waals surface area contributed by atoms with Crippen molar-refractivity contribution in [2.75, 3.05) is 7.11 Å². The summed E-state index contributed by atoms with van der Waals surface area (Å²) in [5, 5.41) is 0. The van der Waals surface area contributed by atoms with Gasteiger partial charge in [0, 0.05) is 20.6 Å². The molecule has 7 nitrogen and oxygen atoms in total. The average Bonchev–Trinajstić information content (AvgIpc) is 2.73. The number of ether oxygens (including phenoxy) is 1. The first-order valence-corrected chi connectivity index (χ1v) is 5.34. The second-order valence-corrected chi connectivity index (χ2v) is 3.88. The molecule has 0 bridgehead atoms. The molecule has 2 aromatic heterocycles. The van der Waals surface area contributed by atoms with Crippen LogP contribution in [0.25, 0.3) is 11.2 Å². The zero-order valence-corrected chi connectivity index (χ0v) is 10.5. The molecule has 0 N–H and O–H groups in total. The minimum atomic E-state index is -0.418. The van der Waals surface area contributed by atoms with Gasteiger partial charge in [0.15, 0.2) is 11.2 Å². The fourth-order valence-electron chi connectivity index (χ4n) is 1.88. The maximum absolute atomic E-state index is 12.1. The summed E-state index contributed by atoms with van der Waals surface area (Å²) >= 11 is 0. The molecule has 0 aromatic carbocycles. The van der Waals surface area contributed by atoms with Crippen molar-refractivity contribution in [3.63, 3.8) is 0 Å². The van der Waals surface area contributed by atoms with Crippen molar-refractivity contribution >= 4 is 11.2 Å². The molecular weight excluding hydrogens is 236 g/mol. The van der Waals surface area contributed by atoms with E-state index >= 15 is 0 Å². The van der Waals surface area contributed by atoms with E-state index in [1.165, 1.54) is 18.7 Å². The SMILES string of the molecule is C=CCn1c(OC)nc2c1c(=O)n(C)c(=O)n2C. The molecule has 0 amide bonds. The third-order valence-electron chi connectivity index (χ3n) is 2.81. The van der Waals surface area contributed by atoms with Crippen molar-refractivity contribution < 1.29 is 4.74 Å². The van der Waals surface area contributed by atoms with Crippen LogP contribution in [-0.4, -0.2) is 25.8 Å². The highest BCUT2D eigenvalue weighted by atomic mass is 16.5. The number of hydrogen-bond donors (Lipinski definition) is 0. The maximum Gasteiger partial charge on any atom is 0.332 e. The van der Waals surface area contributed by atoms with Gasteiger partial charge in [-0.3, -0.25) is 18.5 Å². The predicted molar refractivity (Wildman–Crippen MR) is 67.0 cm³/mol. The van der Waals surface area contributed by atoms with Gasteiger partial charge in [0.2, 0.25) is 0 Å². The standard InChI is InChI=1S/C11H14N4O3/c1-5-6-15-7-8(12-10(15)18-4)13(2)11(17)14(3)9(7)16/h5H,1,6H2,2-4H3. The monoisotopic (exact) mass is 250 g/mol. The Bertz CT molecular complexity index is 735.